The maximum Gasteiger partial charge on any atom is 0.303 e. The van der Waals surface area contributed by atoms with E-state index in [1.165, 1.54) is 0 Å². The fourth-order valence-electron chi connectivity index (χ4n) is 6.36. The van der Waals surface area contributed by atoms with Crippen molar-refractivity contribution in [2.24, 2.45) is 0 Å². The molecular formula is C38H43N5O6. The molecule has 2 aliphatic rings. The number of anilines is 1. The van der Waals surface area contributed by atoms with Gasteiger partial charge in [0, 0.05) is 76.5 Å². The molecule has 0 unspecified atom stereocenters. The van der Waals surface area contributed by atoms with Gasteiger partial charge in [-0.3, -0.25) is 14.5 Å². The summed E-state index contributed by atoms with van der Waals surface area (Å²) >= 11 is 0. The highest BCUT2D eigenvalue weighted by Crippen LogP contribution is 2.39. The molecule has 6 rings (SSSR count). The first-order chi connectivity index (χ1) is 23.9. The third-order valence-corrected chi connectivity index (χ3v) is 9.07. The van der Waals surface area contributed by atoms with Crippen LogP contribution in [0.5, 0.6) is 0 Å². The Kier molecular flexibility index (Phi) is 11.6. The van der Waals surface area contributed by atoms with Crippen LogP contribution in [0.4, 0.5) is 5.95 Å². The molecule has 11 nitrogen and oxygen atoms in total. The molecule has 2 saturated heterocycles. The minimum Gasteiger partial charge on any atom is -0.481 e. The van der Waals surface area contributed by atoms with Crippen LogP contribution in [0, 0.1) is 0 Å². The number of hydrogen-bond acceptors (Lipinski definition) is 9. The maximum absolute atomic E-state index is 12.3. The summed E-state index contributed by atoms with van der Waals surface area (Å²) < 4.78 is 13.2. The number of carboxylic acids is 1. The number of aliphatic carboxylic acids is 1. The third kappa shape index (κ3) is 9.27. The highest BCUT2D eigenvalue weighted by molar-refractivity contribution is 5.77. The van der Waals surface area contributed by atoms with Crippen LogP contribution in [0.25, 0.3) is 11.1 Å². The Morgan fingerprint density at radius 2 is 1.55 bits per heavy atom. The van der Waals surface area contributed by atoms with Crippen LogP contribution in [0.2, 0.25) is 0 Å². The van der Waals surface area contributed by atoms with Gasteiger partial charge in [-0.25, -0.2) is 9.97 Å². The van der Waals surface area contributed by atoms with Crippen molar-refractivity contribution in [3.63, 3.8) is 0 Å². The minimum atomic E-state index is -0.901. The van der Waals surface area contributed by atoms with Gasteiger partial charge in [0.1, 0.15) is 0 Å². The predicted molar refractivity (Wildman–Crippen MR) is 184 cm³/mol. The van der Waals surface area contributed by atoms with Gasteiger partial charge in [0.15, 0.2) is 6.29 Å². The molecule has 0 radical (unpaired) electrons. The number of aliphatic hydroxyl groups excluding tert-OH is 1. The normalized spacial score (nSPS) is 19.8. The Bertz CT molecular complexity index is 1660. The summed E-state index contributed by atoms with van der Waals surface area (Å²) in [6, 6.07) is 25.9. The second-order valence-corrected chi connectivity index (χ2v) is 12.5. The molecule has 1 amide bonds. The number of piperazine rings is 1. The van der Waals surface area contributed by atoms with E-state index in [9.17, 15) is 14.7 Å². The highest BCUT2D eigenvalue weighted by Gasteiger charge is 2.34. The minimum absolute atomic E-state index is 0.00515. The van der Waals surface area contributed by atoms with E-state index in [4.69, 9.17) is 14.6 Å². The smallest absolute Gasteiger partial charge is 0.303 e. The number of ether oxygens (including phenoxy) is 2. The van der Waals surface area contributed by atoms with Crippen molar-refractivity contribution >= 4 is 17.8 Å². The van der Waals surface area contributed by atoms with E-state index in [0.717, 1.165) is 72.1 Å². The van der Waals surface area contributed by atoms with Gasteiger partial charge in [0.2, 0.25) is 11.9 Å². The van der Waals surface area contributed by atoms with E-state index in [-0.39, 0.29) is 37.6 Å². The molecule has 4 aromatic rings. The quantitative estimate of drug-likeness (QED) is 0.181. The summed E-state index contributed by atoms with van der Waals surface area (Å²) in [5.74, 6) is -0.304. The summed E-state index contributed by atoms with van der Waals surface area (Å²) in [6.07, 6.45) is 3.94. The van der Waals surface area contributed by atoms with Crippen molar-refractivity contribution in [2.45, 2.75) is 57.3 Å². The lowest BCUT2D eigenvalue weighted by atomic mass is 9.97. The summed E-state index contributed by atoms with van der Waals surface area (Å²) in [7, 11) is 0. The van der Waals surface area contributed by atoms with Gasteiger partial charge in [-0.1, -0.05) is 72.8 Å². The number of carbonyl (C=O) groups is 2. The van der Waals surface area contributed by atoms with Crippen LogP contribution in [0.15, 0.2) is 91.3 Å². The number of benzene rings is 3. The zero-order valence-corrected chi connectivity index (χ0v) is 27.5. The van der Waals surface area contributed by atoms with E-state index in [1.54, 1.807) is 12.4 Å². The number of nitrogens with zero attached hydrogens (tertiary/aromatic N) is 4. The van der Waals surface area contributed by atoms with Gasteiger partial charge < -0.3 is 29.9 Å². The Labute approximate surface area is 286 Å². The van der Waals surface area contributed by atoms with Gasteiger partial charge in [0.05, 0.1) is 18.8 Å². The molecule has 3 N–H and O–H groups in total. The van der Waals surface area contributed by atoms with Gasteiger partial charge in [-0.05, 0) is 40.3 Å². The van der Waals surface area contributed by atoms with Crippen LogP contribution in [-0.4, -0.2) is 75.8 Å². The summed E-state index contributed by atoms with van der Waals surface area (Å²) in [5.41, 5.74) is 5.81. The third-order valence-electron chi connectivity index (χ3n) is 9.07. The predicted octanol–water partition coefficient (Wildman–Crippen LogP) is 4.87. The standard InChI is InChI=1S/C38H43N5O6/c44-26-27-9-11-29(12-10-27)34-23-32(25-42-19-21-43(22-20-42)38-39-17-4-18-40-38)48-37(49-34)30-15-13-28(14-16-30)33-6-2-1-5-31(33)24-41-35(45)7-3-8-36(46)47/h1-2,4-6,9-18,32,34,37,44H,3,7-8,19-26H2,(H,41,45)(H,46,47)/t32-,34+,37+/m1/s1. The molecule has 3 aromatic carbocycles. The largest absolute Gasteiger partial charge is 0.481 e. The summed E-state index contributed by atoms with van der Waals surface area (Å²) in [4.78, 5) is 36.5. The monoisotopic (exact) mass is 665 g/mol. The number of rotatable bonds is 13. The van der Waals surface area contributed by atoms with Gasteiger partial charge in [0.25, 0.3) is 0 Å². The van der Waals surface area contributed by atoms with Crippen molar-refractivity contribution in [3.05, 3.63) is 114 Å². The molecule has 3 heterocycles. The van der Waals surface area contributed by atoms with Gasteiger partial charge in [-0.2, -0.15) is 0 Å². The first-order valence-electron chi connectivity index (χ1n) is 16.9. The second-order valence-electron chi connectivity index (χ2n) is 12.5. The molecule has 11 heteroatoms. The lowest BCUT2D eigenvalue weighted by molar-refractivity contribution is -0.253. The summed E-state index contributed by atoms with van der Waals surface area (Å²) in [6.45, 7) is 4.59. The average Bonchev–Trinajstić information content (AvgIpc) is 3.14. The SMILES string of the molecule is O=C(O)CCCC(=O)NCc1ccccc1-c1ccc([C@H]2O[C@@H](CN3CCN(c4ncccn4)CC3)C[C@@H](c3ccc(CO)cc3)O2)cc1. The van der Waals surface area contributed by atoms with Gasteiger partial charge in [-0.15, -0.1) is 0 Å². The molecule has 256 valence electrons. The lowest BCUT2D eigenvalue weighted by Crippen LogP contribution is -2.50. The molecule has 0 saturated carbocycles. The fraction of sp³-hybridized carbons (Fsp3) is 0.368. The Hall–Kier alpha value is -4.68. The average molecular weight is 666 g/mol. The molecule has 0 spiro atoms. The molecule has 1 aromatic heterocycles. The number of aromatic nitrogens is 2. The van der Waals surface area contributed by atoms with Crippen LogP contribution in [0.1, 0.15) is 60.3 Å². The Balaban J connectivity index is 1.13. The molecule has 2 aliphatic heterocycles. The number of nitrogens with one attached hydrogen (secondary N) is 1. The molecule has 2 fully saturated rings. The maximum atomic E-state index is 12.3. The zero-order chi connectivity index (χ0) is 34.0. The van der Waals surface area contributed by atoms with E-state index >= 15 is 0 Å². The van der Waals surface area contributed by atoms with E-state index in [1.807, 2.05) is 66.7 Å². The molecule has 0 bridgehead atoms. The van der Waals surface area contributed by atoms with Crippen molar-refractivity contribution in [1.82, 2.24) is 20.2 Å². The van der Waals surface area contributed by atoms with Crippen molar-refractivity contribution < 1.29 is 29.3 Å². The lowest BCUT2D eigenvalue weighted by Gasteiger charge is -2.40. The van der Waals surface area contributed by atoms with Gasteiger partial charge >= 0.3 is 5.97 Å². The zero-order valence-electron chi connectivity index (χ0n) is 27.5. The fourth-order valence-corrected chi connectivity index (χ4v) is 6.36. The van der Waals surface area contributed by atoms with E-state index in [0.29, 0.717) is 19.4 Å². The number of amides is 1. The number of carbonyl (C=O) groups excluding carboxylic acids is 1. The first kappa shape index (κ1) is 34.2. The topological polar surface area (TPSA) is 137 Å². The highest BCUT2D eigenvalue weighted by atomic mass is 16.7. The molecular weight excluding hydrogens is 622 g/mol. The molecule has 49 heavy (non-hydrogen) atoms. The van der Waals surface area contributed by atoms with Crippen molar-refractivity contribution in [1.29, 1.82) is 0 Å². The van der Waals surface area contributed by atoms with Crippen molar-refractivity contribution in [2.75, 3.05) is 37.6 Å². The second kappa shape index (κ2) is 16.6. The number of carboxylic acid groups (broad SMARTS) is 1. The molecule has 0 aliphatic carbocycles. The Morgan fingerprint density at radius 1 is 0.837 bits per heavy atom. The number of hydrogen-bond donors (Lipinski definition) is 3. The van der Waals surface area contributed by atoms with Crippen LogP contribution in [0.3, 0.4) is 0 Å². The summed E-state index contributed by atoms with van der Waals surface area (Å²) in [5, 5.41) is 21.3. The van der Waals surface area contributed by atoms with E-state index < -0.39 is 12.3 Å². The molecule has 3 atom stereocenters. The first-order valence-corrected chi connectivity index (χ1v) is 16.9. The Morgan fingerprint density at radius 3 is 2.27 bits per heavy atom. The van der Waals surface area contributed by atoms with Crippen molar-refractivity contribution in [3.8, 4) is 11.1 Å². The van der Waals surface area contributed by atoms with E-state index in [2.05, 4.69) is 37.2 Å². The van der Waals surface area contributed by atoms with Crippen LogP contribution < -0.4 is 10.2 Å². The van der Waals surface area contributed by atoms with Crippen LogP contribution >= 0.6 is 0 Å². The number of aliphatic hydroxyl groups is 1. The van der Waals surface area contributed by atoms with Crippen LogP contribution in [-0.2, 0) is 32.2 Å².